The summed E-state index contributed by atoms with van der Waals surface area (Å²) in [6, 6.07) is 9.30. The maximum Gasteiger partial charge on any atom is 0.307 e. The van der Waals surface area contributed by atoms with Crippen molar-refractivity contribution in [1.29, 1.82) is 0 Å². The molecule has 0 saturated heterocycles. The van der Waals surface area contributed by atoms with Crippen LogP contribution in [0.3, 0.4) is 0 Å². The fourth-order valence-corrected chi connectivity index (χ4v) is 3.69. The van der Waals surface area contributed by atoms with Gasteiger partial charge >= 0.3 is 5.97 Å². The summed E-state index contributed by atoms with van der Waals surface area (Å²) in [6.45, 7) is 1.39. The van der Waals surface area contributed by atoms with Crippen LogP contribution in [0.5, 0.6) is 11.5 Å². The summed E-state index contributed by atoms with van der Waals surface area (Å²) in [4.78, 5) is 26.7. The van der Waals surface area contributed by atoms with Crippen LogP contribution in [0.4, 0.5) is 5.69 Å². The van der Waals surface area contributed by atoms with E-state index in [0.29, 0.717) is 43.4 Å². The number of hydrogen-bond donors (Lipinski definition) is 1. The molecule has 2 atom stereocenters. The molecule has 1 N–H and O–H groups in total. The Hall–Kier alpha value is -2.54. The van der Waals surface area contributed by atoms with Crippen molar-refractivity contribution < 1.29 is 24.2 Å². The predicted octanol–water partition coefficient (Wildman–Crippen LogP) is 2.77. The van der Waals surface area contributed by atoms with Crippen molar-refractivity contribution in [2.45, 2.75) is 13.0 Å². The van der Waals surface area contributed by atoms with Gasteiger partial charge in [-0.05, 0) is 30.0 Å². The van der Waals surface area contributed by atoms with Crippen LogP contribution in [0.15, 0.2) is 35.7 Å². The van der Waals surface area contributed by atoms with Crippen LogP contribution in [-0.4, -0.2) is 30.2 Å². The van der Waals surface area contributed by atoms with Crippen LogP contribution in [0.25, 0.3) is 0 Å². The van der Waals surface area contributed by atoms with Crippen molar-refractivity contribution in [2.24, 2.45) is 11.8 Å². The molecule has 1 aromatic heterocycles. The van der Waals surface area contributed by atoms with E-state index in [1.807, 2.05) is 23.6 Å². The summed E-state index contributed by atoms with van der Waals surface area (Å²) in [5, 5.41) is 11.1. The summed E-state index contributed by atoms with van der Waals surface area (Å²) >= 11 is 1.57. The Morgan fingerprint density at radius 1 is 1.16 bits per heavy atom. The van der Waals surface area contributed by atoms with E-state index in [2.05, 4.69) is 0 Å². The number of amides is 1. The molecule has 2 aromatic rings. The van der Waals surface area contributed by atoms with Gasteiger partial charge in [-0.15, -0.1) is 11.3 Å². The van der Waals surface area contributed by atoms with Gasteiger partial charge in [-0.25, -0.2) is 0 Å². The van der Waals surface area contributed by atoms with Crippen LogP contribution in [0.2, 0.25) is 0 Å². The van der Waals surface area contributed by atoms with Crippen molar-refractivity contribution in [3.8, 4) is 11.5 Å². The molecule has 6 nitrogen and oxygen atoms in total. The third-order valence-corrected chi connectivity index (χ3v) is 5.28. The first-order chi connectivity index (χ1) is 12.1. The first-order valence-corrected chi connectivity index (χ1v) is 8.97. The number of carbonyl (C=O) groups excluding carboxylic acids is 1. The lowest BCUT2D eigenvalue weighted by Gasteiger charge is -2.25. The zero-order chi connectivity index (χ0) is 17.4. The predicted molar refractivity (Wildman–Crippen MR) is 92.2 cm³/mol. The summed E-state index contributed by atoms with van der Waals surface area (Å²) in [7, 11) is 0. The molecule has 2 aliphatic rings. The molecular formula is C18H17NO5S. The molecule has 1 aliphatic heterocycles. The number of benzene rings is 1. The Labute approximate surface area is 148 Å². The van der Waals surface area contributed by atoms with Gasteiger partial charge in [-0.2, -0.15) is 0 Å². The smallest absolute Gasteiger partial charge is 0.307 e. The summed E-state index contributed by atoms with van der Waals surface area (Å²) in [5.41, 5.74) is 0.693. The fourth-order valence-electron chi connectivity index (χ4n) is 3.00. The number of carbonyl (C=O) groups is 2. The van der Waals surface area contributed by atoms with Crippen LogP contribution in [-0.2, 0) is 16.1 Å². The van der Waals surface area contributed by atoms with Gasteiger partial charge in [0.1, 0.15) is 13.2 Å². The number of carboxylic acids is 1. The molecule has 1 fully saturated rings. The molecule has 2 unspecified atom stereocenters. The second-order valence-electron chi connectivity index (χ2n) is 6.12. The normalized spacial score (nSPS) is 20.8. The van der Waals surface area contributed by atoms with Gasteiger partial charge in [0, 0.05) is 16.6 Å². The highest BCUT2D eigenvalue weighted by molar-refractivity contribution is 7.09. The molecule has 2 heterocycles. The Morgan fingerprint density at radius 3 is 2.64 bits per heavy atom. The highest BCUT2D eigenvalue weighted by atomic mass is 32.1. The molecule has 130 valence electrons. The average molecular weight is 359 g/mol. The lowest BCUT2D eigenvalue weighted by molar-refractivity contribution is -0.140. The van der Waals surface area contributed by atoms with Gasteiger partial charge < -0.3 is 19.5 Å². The molecule has 1 saturated carbocycles. The van der Waals surface area contributed by atoms with Crippen LogP contribution in [0, 0.1) is 11.8 Å². The second kappa shape index (κ2) is 6.40. The Bertz CT molecular complexity index is 804. The standard InChI is InChI=1S/C18H17NO5S/c20-17(13-9-14(13)18(21)22)19(10-12-2-1-7-25-12)11-3-4-15-16(8-11)24-6-5-23-15/h1-4,7-8,13-14H,5-6,9-10H2,(H,21,22). The SMILES string of the molecule is O=C(O)C1CC1C(=O)N(Cc1cccs1)c1ccc2c(c1)OCCO2. The number of hydrogen-bond acceptors (Lipinski definition) is 5. The third kappa shape index (κ3) is 3.19. The van der Waals surface area contributed by atoms with E-state index < -0.39 is 17.8 Å². The van der Waals surface area contributed by atoms with Crippen molar-refractivity contribution in [3.05, 3.63) is 40.6 Å². The molecule has 0 radical (unpaired) electrons. The number of carboxylic acid groups (broad SMARTS) is 1. The first kappa shape index (κ1) is 16.0. The number of rotatable bonds is 5. The zero-order valence-corrected chi connectivity index (χ0v) is 14.2. The third-order valence-electron chi connectivity index (χ3n) is 4.42. The molecule has 4 rings (SSSR count). The summed E-state index contributed by atoms with van der Waals surface area (Å²) in [5.74, 6) is -0.818. The van der Waals surface area contributed by atoms with E-state index in [1.54, 1.807) is 28.4 Å². The molecule has 25 heavy (non-hydrogen) atoms. The largest absolute Gasteiger partial charge is 0.486 e. The number of anilines is 1. The van der Waals surface area contributed by atoms with E-state index in [-0.39, 0.29) is 5.91 Å². The summed E-state index contributed by atoms with van der Waals surface area (Å²) < 4.78 is 11.1. The van der Waals surface area contributed by atoms with Crippen LogP contribution in [0.1, 0.15) is 11.3 Å². The van der Waals surface area contributed by atoms with Crippen molar-refractivity contribution in [1.82, 2.24) is 0 Å². The minimum atomic E-state index is -0.906. The lowest BCUT2D eigenvalue weighted by atomic mass is 10.2. The van der Waals surface area contributed by atoms with Crippen molar-refractivity contribution in [3.63, 3.8) is 0 Å². The summed E-state index contributed by atoms with van der Waals surface area (Å²) in [6.07, 6.45) is 0.402. The molecule has 1 aromatic carbocycles. The Balaban J connectivity index is 1.63. The van der Waals surface area contributed by atoms with E-state index in [1.165, 1.54) is 0 Å². The minimum absolute atomic E-state index is 0.155. The topological polar surface area (TPSA) is 76.1 Å². The molecule has 7 heteroatoms. The van der Waals surface area contributed by atoms with Gasteiger partial charge in [-0.1, -0.05) is 6.07 Å². The maximum absolute atomic E-state index is 12.9. The van der Waals surface area contributed by atoms with E-state index >= 15 is 0 Å². The quantitative estimate of drug-likeness (QED) is 0.888. The van der Waals surface area contributed by atoms with E-state index in [0.717, 1.165) is 4.88 Å². The van der Waals surface area contributed by atoms with Gasteiger partial charge in [0.2, 0.25) is 5.91 Å². The first-order valence-electron chi connectivity index (χ1n) is 8.09. The highest BCUT2D eigenvalue weighted by Crippen LogP contribution is 2.42. The Kier molecular flexibility index (Phi) is 4.09. The average Bonchev–Trinajstić information content (AvgIpc) is 3.28. The molecule has 1 amide bonds. The van der Waals surface area contributed by atoms with Crippen LogP contribution < -0.4 is 14.4 Å². The molecule has 0 spiro atoms. The van der Waals surface area contributed by atoms with Crippen LogP contribution >= 0.6 is 11.3 Å². The monoisotopic (exact) mass is 359 g/mol. The zero-order valence-electron chi connectivity index (χ0n) is 13.4. The maximum atomic E-state index is 12.9. The van der Waals surface area contributed by atoms with Crippen molar-refractivity contribution >= 4 is 28.9 Å². The van der Waals surface area contributed by atoms with Gasteiger partial charge in [0.05, 0.1) is 18.4 Å². The number of ether oxygens (including phenoxy) is 2. The van der Waals surface area contributed by atoms with E-state index in [4.69, 9.17) is 14.6 Å². The highest BCUT2D eigenvalue weighted by Gasteiger charge is 2.50. The fraction of sp³-hybridized carbons (Fsp3) is 0.333. The number of aliphatic carboxylic acids is 1. The number of nitrogens with zero attached hydrogens (tertiary/aromatic N) is 1. The lowest BCUT2D eigenvalue weighted by Crippen LogP contribution is -2.32. The molecular weight excluding hydrogens is 342 g/mol. The van der Waals surface area contributed by atoms with Gasteiger partial charge in [0.15, 0.2) is 11.5 Å². The van der Waals surface area contributed by atoms with Gasteiger partial charge in [0.25, 0.3) is 0 Å². The van der Waals surface area contributed by atoms with E-state index in [9.17, 15) is 9.59 Å². The van der Waals surface area contributed by atoms with Gasteiger partial charge in [-0.3, -0.25) is 9.59 Å². The number of fused-ring (bicyclic) bond motifs is 1. The molecule has 1 aliphatic carbocycles. The number of thiophene rings is 1. The Morgan fingerprint density at radius 2 is 1.96 bits per heavy atom. The van der Waals surface area contributed by atoms with Crippen molar-refractivity contribution in [2.75, 3.05) is 18.1 Å². The molecule has 0 bridgehead atoms. The second-order valence-corrected chi connectivity index (χ2v) is 7.15. The minimum Gasteiger partial charge on any atom is -0.486 e.